The molecule has 0 aliphatic heterocycles. The summed E-state index contributed by atoms with van der Waals surface area (Å²) in [4.78, 5) is 0. The van der Waals surface area contributed by atoms with Crippen LogP contribution in [0.3, 0.4) is 0 Å². The second-order valence-corrected chi connectivity index (χ2v) is 6.79. The average molecular weight is 396 g/mol. The maximum atomic E-state index is 3.49. The molecule has 0 N–H and O–H groups in total. The highest BCUT2D eigenvalue weighted by atomic mass is 79.9. The molecule has 128 valence electrons. The zero-order valence-electron chi connectivity index (χ0n) is 13.8. The number of hydrogen-bond acceptors (Lipinski definition) is 0. The van der Waals surface area contributed by atoms with Crippen LogP contribution in [0, 0.1) is 0 Å². The molecule has 0 saturated heterocycles. The fourth-order valence-electron chi connectivity index (χ4n) is 2.64. The molecule has 21 heavy (non-hydrogen) atoms. The third kappa shape index (κ3) is 26.7. The first-order valence-electron chi connectivity index (χ1n) is 8.97. The summed E-state index contributed by atoms with van der Waals surface area (Å²) in [7, 11) is 0. The fraction of sp³-hybridized carbons (Fsp3) is 1.00. The molecule has 0 unspecified atom stereocenters. The van der Waals surface area contributed by atoms with Crippen LogP contribution >= 0.6 is 28.3 Å². The second-order valence-electron chi connectivity index (χ2n) is 5.99. The highest BCUT2D eigenvalue weighted by molar-refractivity contribution is 9.09. The Kier molecular flexibility index (Phi) is 34.5. The molecular weight excluding hydrogens is 356 g/mol. The van der Waals surface area contributed by atoms with Gasteiger partial charge in [-0.25, -0.2) is 0 Å². The van der Waals surface area contributed by atoms with E-state index in [0.29, 0.717) is 0 Å². The number of rotatable bonds is 16. The monoisotopic (exact) mass is 394 g/mol. The summed E-state index contributed by atoms with van der Waals surface area (Å²) < 4.78 is 0. The van der Waals surface area contributed by atoms with E-state index in [0.717, 1.165) is 0 Å². The summed E-state index contributed by atoms with van der Waals surface area (Å²) in [5.41, 5.74) is 0. The fourth-order valence-corrected chi connectivity index (χ4v) is 3.04. The van der Waals surface area contributed by atoms with Crippen molar-refractivity contribution >= 4 is 51.4 Å². The SMILES string of the molecule is CCCCCCCCCCCCCCCCCCBr.Cl.[MgH2]. The zero-order chi connectivity index (χ0) is 14.0. The van der Waals surface area contributed by atoms with Crippen molar-refractivity contribution in [3.63, 3.8) is 0 Å². The summed E-state index contributed by atoms with van der Waals surface area (Å²) >= 11 is 3.49. The van der Waals surface area contributed by atoms with Gasteiger partial charge in [-0.2, -0.15) is 0 Å². The Morgan fingerprint density at radius 2 is 0.714 bits per heavy atom. The van der Waals surface area contributed by atoms with Crippen molar-refractivity contribution in [2.45, 2.75) is 110 Å². The number of halogens is 2. The molecule has 0 fully saturated rings. The van der Waals surface area contributed by atoms with Crippen molar-refractivity contribution < 1.29 is 0 Å². The number of unbranched alkanes of at least 4 members (excludes halogenated alkanes) is 15. The first kappa shape index (κ1) is 27.4. The number of alkyl halides is 1. The van der Waals surface area contributed by atoms with Gasteiger partial charge in [-0.3, -0.25) is 0 Å². The molecule has 0 nitrogen and oxygen atoms in total. The van der Waals surface area contributed by atoms with E-state index in [1.54, 1.807) is 0 Å². The Hall–Kier alpha value is 1.54. The first-order valence-corrected chi connectivity index (χ1v) is 10.1. The van der Waals surface area contributed by atoms with Gasteiger partial charge in [0.05, 0.1) is 0 Å². The van der Waals surface area contributed by atoms with Crippen molar-refractivity contribution in [3.05, 3.63) is 0 Å². The Balaban J connectivity index is -0.00000162. The van der Waals surface area contributed by atoms with Crippen LogP contribution in [-0.2, 0) is 0 Å². The predicted molar refractivity (Wildman–Crippen MR) is 109 cm³/mol. The molecule has 0 aliphatic rings. The third-order valence-electron chi connectivity index (χ3n) is 3.99. The van der Waals surface area contributed by atoms with Crippen LogP contribution in [0.5, 0.6) is 0 Å². The molecule has 0 radical (unpaired) electrons. The number of hydrogen-bond donors (Lipinski definition) is 0. The molecular formula is C18H40BrClMg. The summed E-state index contributed by atoms with van der Waals surface area (Å²) in [6, 6.07) is 0. The van der Waals surface area contributed by atoms with Gasteiger partial charge in [-0.1, -0.05) is 119 Å². The minimum absolute atomic E-state index is 0. The van der Waals surface area contributed by atoms with E-state index in [4.69, 9.17) is 0 Å². The molecule has 0 heterocycles. The molecule has 0 aromatic heterocycles. The van der Waals surface area contributed by atoms with Crippen LogP contribution in [0.2, 0.25) is 0 Å². The first-order chi connectivity index (χ1) is 9.41. The Labute approximate surface area is 165 Å². The lowest BCUT2D eigenvalue weighted by molar-refractivity contribution is 0.532. The Morgan fingerprint density at radius 3 is 0.952 bits per heavy atom. The Morgan fingerprint density at radius 1 is 0.476 bits per heavy atom. The van der Waals surface area contributed by atoms with Gasteiger partial charge in [0.2, 0.25) is 0 Å². The van der Waals surface area contributed by atoms with Gasteiger partial charge in [0.15, 0.2) is 0 Å². The topological polar surface area (TPSA) is 0 Å². The maximum Gasteiger partial charge on any atom is 0.316 e. The normalized spacial score (nSPS) is 10.0. The van der Waals surface area contributed by atoms with Crippen molar-refractivity contribution in [2.75, 3.05) is 5.33 Å². The van der Waals surface area contributed by atoms with E-state index in [9.17, 15) is 0 Å². The smallest absolute Gasteiger partial charge is 0.147 e. The van der Waals surface area contributed by atoms with E-state index >= 15 is 0 Å². The van der Waals surface area contributed by atoms with E-state index < -0.39 is 0 Å². The molecule has 0 atom stereocenters. The standard InChI is InChI=1S/C18H37Br.ClH.Mg.2H/c1-2-3-4-5-6-7-8-9-10-11-12-13-14-15-16-17-18-19;;;;/h2-18H2,1H3;1H;;;. The highest BCUT2D eigenvalue weighted by Gasteiger charge is 1.94. The van der Waals surface area contributed by atoms with Crippen LogP contribution in [0.1, 0.15) is 110 Å². The lowest BCUT2D eigenvalue weighted by Gasteiger charge is -2.03. The van der Waals surface area contributed by atoms with Crippen LogP contribution in [0.4, 0.5) is 0 Å². The lowest BCUT2D eigenvalue weighted by atomic mass is 10.0. The summed E-state index contributed by atoms with van der Waals surface area (Å²) in [6.07, 6.45) is 23.3. The minimum atomic E-state index is 0. The van der Waals surface area contributed by atoms with Crippen molar-refractivity contribution in [2.24, 2.45) is 0 Å². The second kappa shape index (κ2) is 26.4. The van der Waals surface area contributed by atoms with Gasteiger partial charge in [0, 0.05) is 5.33 Å². The molecule has 0 aromatic carbocycles. The largest absolute Gasteiger partial charge is 0.316 e. The van der Waals surface area contributed by atoms with Gasteiger partial charge < -0.3 is 0 Å². The van der Waals surface area contributed by atoms with E-state index in [1.165, 1.54) is 108 Å². The van der Waals surface area contributed by atoms with Crippen LogP contribution in [0.15, 0.2) is 0 Å². The van der Waals surface area contributed by atoms with Gasteiger partial charge >= 0.3 is 23.1 Å². The highest BCUT2D eigenvalue weighted by Crippen LogP contribution is 2.13. The lowest BCUT2D eigenvalue weighted by Crippen LogP contribution is -1.83. The zero-order valence-corrected chi connectivity index (χ0v) is 16.2. The molecule has 0 aliphatic carbocycles. The minimum Gasteiger partial charge on any atom is -0.147 e. The van der Waals surface area contributed by atoms with E-state index in [1.807, 2.05) is 0 Å². The predicted octanol–water partition coefficient (Wildman–Crippen LogP) is 7.15. The average Bonchev–Trinajstić information content (AvgIpc) is 2.43. The van der Waals surface area contributed by atoms with Crippen molar-refractivity contribution in [1.29, 1.82) is 0 Å². The third-order valence-corrected chi connectivity index (χ3v) is 4.55. The summed E-state index contributed by atoms with van der Waals surface area (Å²) in [6.45, 7) is 2.29. The van der Waals surface area contributed by atoms with Crippen LogP contribution in [0.25, 0.3) is 0 Å². The maximum absolute atomic E-state index is 3.49. The molecule has 0 rings (SSSR count). The summed E-state index contributed by atoms with van der Waals surface area (Å²) in [5.74, 6) is 0. The Bertz CT molecular complexity index is 140. The van der Waals surface area contributed by atoms with E-state index in [2.05, 4.69) is 22.9 Å². The molecule has 0 spiro atoms. The van der Waals surface area contributed by atoms with Crippen LogP contribution < -0.4 is 0 Å². The van der Waals surface area contributed by atoms with Crippen LogP contribution in [-0.4, -0.2) is 28.4 Å². The van der Waals surface area contributed by atoms with Gasteiger partial charge in [-0.15, -0.1) is 12.4 Å². The van der Waals surface area contributed by atoms with Gasteiger partial charge in [0.25, 0.3) is 0 Å². The molecule has 0 aromatic rings. The molecule has 0 amide bonds. The quantitative estimate of drug-likeness (QED) is 0.148. The van der Waals surface area contributed by atoms with Gasteiger partial charge in [-0.05, 0) is 6.42 Å². The molecule has 3 heteroatoms. The summed E-state index contributed by atoms with van der Waals surface area (Å²) in [5, 5.41) is 1.19. The van der Waals surface area contributed by atoms with Crippen molar-refractivity contribution in [1.82, 2.24) is 0 Å². The molecule has 0 saturated carbocycles. The molecule has 0 bridgehead atoms. The van der Waals surface area contributed by atoms with E-state index in [-0.39, 0.29) is 35.5 Å². The van der Waals surface area contributed by atoms with Gasteiger partial charge in [0.1, 0.15) is 0 Å². The van der Waals surface area contributed by atoms with Crippen molar-refractivity contribution in [3.8, 4) is 0 Å².